The van der Waals surface area contributed by atoms with E-state index in [1.165, 1.54) is 0 Å². The normalized spacial score (nSPS) is 12.2. The molecule has 0 spiro atoms. The highest BCUT2D eigenvalue weighted by atomic mass is 79.9. The van der Waals surface area contributed by atoms with Crippen molar-refractivity contribution >= 4 is 43.2 Å². The van der Waals surface area contributed by atoms with Crippen LogP contribution in [0.5, 0.6) is 11.5 Å². The van der Waals surface area contributed by atoms with Gasteiger partial charge in [-0.25, -0.2) is 0 Å². The third kappa shape index (κ3) is 3.33. The average molecular weight is 406 g/mol. The van der Waals surface area contributed by atoms with Crippen LogP contribution in [0.4, 0.5) is 0 Å². The number of benzene rings is 1. The average Bonchev–Trinajstić information content (AvgIpc) is 2.87. The molecule has 5 heteroatoms. The summed E-state index contributed by atoms with van der Waals surface area (Å²) < 4.78 is 11.9. The van der Waals surface area contributed by atoms with Gasteiger partial charge in [-0.3, -0.25) is 0 Å². The molecular weight excluding hydrogens is 392 g/mol. The summed E-state index contributed by atoms with van der Waals surface area (Å²) >= 11 is 9.02. The van der Waals surface area contributed by atoms with Crippen LogP contribution in [-0.4, -0.2) is 13.7 Å². The Morgan fingerprint density at radius 3 is 2.74 bits per heavy atom. The quantitative estimate of drug-likeness (QED) is 0.619. The van der Waals surface area contributed by atoms with E-state index < -0.39 is 0 Å². The number of halogens is 2. The van der Waals surface area contributed by atoms with Crippen LogP contribution in [0, 0.1) is 0 Å². The highest BCUT2D eigenvalue weighted by Gasteiger charge is 2.19. The minimum absolute atomic E-state index is 0.104. The molecule has 0 amide bonds. The Bertz CT molecular complexity index is 554. The van der Waals surface area contributed by atoms with Crippen molar-refractivity contribution < 1.29 is 9.47 Å². The maximum Gasteiger partial charge on any atom is 0.134 e. The van der Waals surface area contributed by atoms with Gasteiger partial charge in [0, 0.05) is 4.47 Å². The fourth-order valence-corrected chi connectivity index (χ4v) is 4.47. The van der Waals surface area contributed by atoms with Gasteiger partial charge in [0.1, 0.15) is 11.5 Å². The van der Waals surface area contributed by atoms with Gasteiger partial charge in [0.15, 0.2) is 0 Å². The van der Waals surface area contributed by atoms with E-state index in [2.05, 4.69) is 37.9 Å². The molecule has 1 unspecified atom stereocenters. The molecule has 0 saturated heterocycles. The second-order valence-electron chi connectivity index (χ2n) is 3.83. The van der Waals surface area contributed by atoms with Crippen LogP contribution in [0.15, 0.2) is 34.1 Å². The molecule has 0 bridgehead atoms. The van der Waals surface area contributed by atoms with Crippen LogP contribution >= 0.6 is 43.2 Å². The van der Waals surface area contributed by atoms with E-state index in [-0.39, 0.29) is 4.83 Å². The molecule has 0 aliphatic carbocycles. The Hall–Kier alpha value is -0.520. The molecule has 0 N–H and O–H groups in total. The minimum Gasteiger partial charge on any atom is -0.496 e. The van der Waals surface area contributed by atoms with E-state index in [0.717, 1.165) is 26.4 Å². The number of thiophene rings is 1. The molecule has 0 saturated carbocycles. The second kappa shape index (κ2) is 6.77. The largest absolute Gasteiger partial charge is 0.496 e. The molecule has 102 valence electrons. The number of hydrogen-bond donors (Lipinski definition) is 0. The molecular formula is C14H14Br2O2S. The zero-order valence-corrected chi connectivity index (χ0v) is 14.6. The van der Waals surface area contributed by atoms with Gasteiger partial charge in [0.25, 0.3) is 0 Å². The lowest BCUT2D eigenvalue weighted by Crippen LogP contribution is -1.96. The zero-order valence-electron chi connectivity index (χ0n) is 10.7. The molecule has 19 heavy (non-hydrogen) atoms. The van der Waals surface area contributed by atoms with E-state index in [0.29, 0.717) is 6.61 Å². The smallest absolute Gasteiger partial charge is 0.134 e. The molecule has 2 aromatic rings. The maximum absolute atomic E-state index is 5.49. The van der Waals surface area contributed by atoms with Crippen LogP contribution in [0.3, 0.4) is 0 Å². The summed E-state index contributed by atoms with van der Waals surface area (Å²) in [6.07, 6.45) is 0. The van der Waals surface area contributed by atoms with E-state index in [9.17, 15) is 0 Å². The standard InChI is InChI=1S/C14H14Br2O2S/c1-3-18-9-4-5-10(11(15)8-9)13(16)14-12(17-2)6-7-19-14/h4-8,13H,3H2,1-2H3. The van der Waals surface area contributed by atoms with Gasteiger partial charge < -0.3 is 9.47 Å². The first-order valence-electron chi connectivity index (χ1n) is 5.85. The van der Waals surface area contributed by atoms with Crippen molar-refractivity contribution in [2.24, 2.45) is 0 Å². The molecule has 2 rings (SSSR count). The van der Waals surface area contributed by atoms with E-state index in [1.54, 1.807) is 18.4 Å². The number of alkyl halides is 1. The highest BCUT2D eigenvalue weighted by Crippen LogP contribution is 2.43. The first-order valence-corrected chi connectivity index (χ1v) is 8.44. The van der Waals surface area contributed by atoms with Crippen molar-refractivity contribution in [3.8, 4) is 11.5 Å². The van der Waals surface area contributed by atoms with Crippen molar-refractivity contribution in [3.05, 3.63) is 44.6 Å². The molecule has 0 radical (unpaired) electrons. The van der Waals surface area contributed by atoms with Crippen LogP contribution in [0.1, 0.15) is 22.2 Å². The summed E-state index contributed by atoms with van der Waals surface area (Å²) in [6.45, 7) is 2.65. The number of hydrogen-bond acceptors (Lipinski definition) is 3. The molecule has 0 aliphatic rings. The Kier molecular flexibility index (Phi) is 5.30. The first-order chi connectivity index (χ1) is 9.17. The van der Waals surface area contributed by atoms with Gasteiger partial charge in [-0.1, -0.05) is 37.9 Å². The van der Waals surface area contributed by atoms with Gasteiger partial charge in [-0.15, -0.1) is 11.3 Å². The van der Waals surface area contributed by atoms with Gasteiger partial charge in [0.2, 0.25) is 0 Å². The fraction of sp³-hybridized carbons (Fsp3) is 0.286. The Morgan fingerprint density at radius 1 is 1.32 bits per heavy atom. The fourth-order valence-electron chi connectivity index (χ4n) is 1.77. The second-order valence-corrected chi connectivity index (χ2v) is 6.55. The Balaban J connectivity index is 2.31. The molecule has 0 aliphatic heterocycles. The summed E-state index contributed by atoms with van der Waals surface area (Å²) in [5.74, 6) is 1.78. The molecule has 1 aromatic heterocycles. The van der Waals surface area contributed by atoms with Gasteiger partial charge in [0.05, 0.1) is 23.4 Å². The zero-order chi connectivity index (χ0) is 13.8. The van der Waals surface area contributed by atoms with Crippen molar-refractivity contribution in [1.29, 1.82) is 0 Å². The van der Waals surface area contributed by atoms with Crippen LogP contribution in [-0.2, 0) is 0 Å². The summed E-state index contributed by atoms with van der Waals surface area (Å²) in [5.41, 5.74) is 1.16. The Labute approximate surface area is 134 Å². The van der Waals surface area contributed by atoms with E-state index in [1.807, 2.05) is 30.5 Å². The molecule has 2 nitrogen and oxygen atoms in total. The lowest BCUT2D eigenvalue weighted by molar-refractivity contribution is 0.340. The number of rotatable bonds is 5. The van der Waals surface area contributed by atoms with Gasteiger partial charge >= 0.3 is 0 Å². The van der Waals surface area contributed by atoms with E-state index in [4.69, 9.17) is 9.47 Å². The Morgan fingerprint density at radius 2 is 2.11 bits per heavy atom. The van der Waals surface area contributed by atoms with Crippen LogP contribution < -0.4 is 9.47 Å². The van der Waals surface area contributed by atoms with Crippen molar-refractivity contribution in [1.82, 2.24) is 0 Å². The van der Waals surface area contributed by atoms with Gasteiger partial charge in [-0.2, -0.15) is 0 Å². The third-order valence-corrected chi connectivity index (χ3v) is 5.57. The topological polar surface area (TPSA) is 18.5 Å². The van der Waals surface area contributed by atoms with E-state index >= 15 is 0 Å². The monoisotopic (exact) mass is 404 g/mol. The van der Waals surface area contributed by atoms with Crippen molar-refractivity contribution in [2.75, 3.05) is 13.7 Å². The van der Waals surface area contributed by atoms with Crippen molar-refractivity contribution in [2.45, 2.75) is 11.8 Å². The lowest BCUT2D eigenvalue weighted by atomic mass is 10.1. The predicted octanol–water partition coefficient (Wildman–Crippen LogP) is 5.40. The summed E-state index contributed by atoms with van der Waals surface area (Å²) in [5, 5.41) is 2.03. The third-order valence-electron chi connectivity index (χ3n) is 2.66. The maximum atomic E-state index is 5.49. The molecule has 1 aromatic carbocycles. The summed E-state index contributed by atoms with van der Waals surface area (Å²) in [4.78, 5) is 1.26. The molecule has 1 heterocycles. The summed E-state index contributed by atoms with van der Waals surface area (Å²) in [6, 6.07) is 8.02. The molecule has 0 fully saturated rings. The number of ether oxygens (including phenoxy) is 2. The summed E-state index contributed by atoms with van der Waals surface area (Å²) in [7, 11) is 1.69. The van der Waals surface area contributed by atoms with Gasteiger partial charge in [-0.05, 0) is 36.1 Å². The highest BCUT2D eigenvalue weighted by molar-refractivity contribution is 9.11. The lowest BCUT2D eigenvalue weighted by Gasteiger charge is -2.14. The van der Waals surface area contributed by atoms with Crippen LogP contribution in [0.2, 0.25) is 0 Å². The van der Waals surface area contributed by atoms with Crippen molar-refractivity contribution in [3.63, 3.8) is 0 Å². The van der Waals surface area contributed by atoms with Crippen LogP contribution in [0.25, 0.3) is 0 Å². The molecule has 1 atom stereocenters. The SMILES string of the molecule is CCOc1ccc(C(Br)c2sccc2OC)c(Br)c1. The minimum atomic E-state index is 0.104. The number of methoxy groups -OCH3 is 1. The first kappa shape index (κ1) is 14.9. The predicted molar refractivity (Wildman–Crippen MR) is 87.0 cm³/mol.